The van der Waals surface area contributed by atoms with Gasteiger partial charge >= 0.3 is 0 Å². The molecule has 2 aromatic heterocycles. The van der Waals surface area contributed by atoms with Gasteiger partial charge in [0.05, 0.1) is 0 Å². The van der Waals surface area contributed by atoms with Crippen molar-refractivity contribution in [1.82, 2.24) is 28.9 Å². The summed E-state index contributed by atoms with van der Waals surface area (Å²) >= 11 is 1.57. The Kier molecular flexibility index (Phi) is 5.88. The Morgan fingerprint density at radius 3 is 2.65 bits per heavy atom. The molecule has 0 saturated carbocycles. The summed E-state index contributed by atoms with van der Waals surface area (Å²) in [4.78, 5) is -0.541. The monoisotopic (exact) mass is 468 g/mol. The van der Waals surface area contributed by atoms with Crippen LogP contribution in [-0.4, -0.2) is 49.6 Å². The molecule has 0 saturated heterocycles. The van der Waals surface area contributed by atoms with Crippen LogP contribution in [0.2, 0.25) is 0 Å². The number of nitrogens with zero attached hydrogens (tertiary/aromatic N) is 6. The summed E-state index contributed by atoms with van der Waals surface area (Å²) < 4.78 is 58.6. The van der Waals surface area contributed by atoms with Gasteiger partial charge < -0.3 is 4.57 Å². The molecule has 1 aliphatic heterocycles. The van der Waals surface area contributed by atoms with Crippen molar-refractivity contribution in [3.8, 4) is 11.5 Å². The van der Waals surface area contributed by atoms with Crippen molar-refractivity contribution in [2.45, 2.75) is 43.4 Å². The first-order valence-corrected chi connectivity index (χ1v) is 12.3. The maximum atomic E-state index is 14.2. The quantitative estimate of drug-likeness (QED) is 0.517. The van der Waals surface area contributed by atoms with Crippen molar-refractivity contribution >= 4 is 21.8 Å². The number of rotatable bonds is 6. The molecule has 0 aliphatic carbocycles. The first-order valence-electron chi connectivity index (χ1n) is 9.84. The maximum Gasteiger partial charge on any atom is 0.246 e. The molecule has 0 spiro atoms. The number of halogens is 2. The van der Waals surface area contributed by atoms with Gasteiger partial charge in [-0.25, -0.2) is 17.2 Å². The fourth-order valence-electron chi connectivity index (χ4n) is 3.76. The Labute approximate surface area is 183 Å². The van der Waals surface area contributed by atoms with Gasteiger partial charge in [0.2, 0.25) is 10.0 Å². The number of hydrogen-bond donors (Lipinski definition) is 0. The van der Waals surface area contributed by atoms with Gasteiger partial charge in [-0.3, -0.25) is 4.68 Å². The molecule has 0 amide bonds. The molecular formula is C19H22F2N6O2S2. The summed E-state index contributed by atoms with van der Waals surface area (Å²) in [5.41, 5.74) is 2.18. The molecular weight excluding hydrogens is 446 g/mol. The molecule has 166 valence electrons. The van der Waals surface area contributed by atoms with Crippen LogP contribution in [0.15, 0.2) is 28.3 Å². The zero-order valence-corrected chi connectivity index (χ0v) is 19.0. The molecule has 3 aromatic rings. The van der Waals surface area contributed by atoms with Gasteiger partial charge in [-0.05, 0) is 24.8 Å². The average molecular weight is 469 g/mol. The van der Waals surface area contributed by atoms with Crippen LogP contribution in [0.1, 0.15) is 25.1 Å². The van der Waals surface area contributed by atoms with Crippen molar-refractivity contribution in [3.63, 3.8) is 0 Å². The minimum absolute atomic E-state index is 0.0183. The lowest BCUT2D eigenvalue weighted by molar-refractivity contribution is 0.383. The van der Waals surface area contributed by atoms with E-state index in [2.05, 4.69) is 15.3 Å². The highest BCUT2D eigenvalue weighted by molar-refractivity contribution is 7.99. The number of sulfonamides is 1. The van der Waals surface area contributed by atoms with E-state index < -0.39 is 26.6 Å². The molecule has 1 aliphatic rings. The molecule has 4 rings (SSSR count). The number of benzene rings is 1. The summed E-state index contributed by atoms with van der Waals surface area (Å²) in [5, 5.41) is 13.9. The predicted octanol–water partition coefficient (Wildman–Crippen LogP) is 2.84. The van der Waals surface area contributed by atoms with Gasteiger partial charge in [0.1, 0.15) is 22.2 Å². The van der Waals surface area contributed by atoms with E-state index in [4.69, 9.17) is 0 Å². The van der Waals surface area contributed by atoms with E-state index in [1.165, 1.54) is 4.31 Å². The zero-order valence-electron chi connectivity index (χ0n) is 17.3. The van der Waals surface area contributed by atoms with Crippen LogP contribution in [-0.2, 0) is 36.6 Å². The minimum Gasteiger partial charge on any atom is -0.301 e. The SMILES string of the molecule is CCSc1nnc(-c2nn(C)c3c2CN(S(=O)(=O)c2ccc(F)cc2F)CC3)n1CC. The summed E-state index contributed by atoms with van der Waals surface area (Å²) in [7, 11) is -2.35. The molecule has 31 heavy (non-hydrogen) atoms. The van der Waals surface area contributed by atoms with Crippen LogP contribution < -0.4 is 0 Å². The maximum absolute atomic E-state index is 14.2. The lowest BCUT2D eigenvalue weighted by atomic mass is 10.1. The molecule has 0 bridgehead atoms. The van der Waals surface area contributed by atoms with Crippen molar-refractivity contribution in [2.24, 2.45) is 7.05 Å². The van der Waals surface area contributed by atoms with Gasteiger partial charge in [-0.1, -0.05) is 18.7 Å². The second kappa shape index (κ2) is 8.32. The van der Waals surface area contributed by atoms with E-state index in [0.717, 1.165) is 34.3 Å². The van der Waals surface area contributed by atoms with Gasteiger partial charge in [0.15, 0.2) is 11.0 Å². The molecule has 1 aromatic carbocycles. The molecule has 0 N–H and O–H groups in total. The highest BCUT2D eigenvalue weighted by Crippen LogP contribution is 2.33. The summed E-state index contributed by atoms with van der Waals surface area (Å²) in [6, 6.07) is 2.48. The zero-order chi connectivity index (χ0) is 22.3. The number of thioether (sulfide) groups is 1. The molecule has 12 heteroatoms. The van der Waals surface area contributed by atoms with Gasteiger partial charge in [0, 0.05) is 50.4 Å². The van der Waals surface area contributed by atoms with E-state index in [0.29, 0.717) is 30.6 Å². The van der Waals surface area contributed by atoms with E-state index in [-0.39, 0.29) is 13.1 Å². The van der Waals surface area contributed by atoms with Crippen LogP contribution in [0.25, 0.3) is 11.5 Å². The highest BCUT2D eigenvalue weighted by Gasteiger charge is 2.35. The Hall–Kier alpha value is -2.31. The summed E-state index contributed by atoms with van der Waals surface area (Å²) in [6.07, 6.45) is 0.414. The van der Waals surface area contributed by atoms with Crippen LogP contribution in [0.4, 0.5) is 8.78 Å². The first-order chi connectivity index (χ1) is 14.8. The largest absolute Gasteiger partial charge is 0.301 e. The van der Waals surface area contributed by atoms with Crippen LogP contribution in [0, 0.1) is 11.6 Å². The summed E-state index contributed by atoms with van der Waals surface area (Å²) in [6.45, 7) is 4.83. The fraction of sp³-hybridized carbons (Fsp3) is 0.421. The van der Waals surface area contributed by atoms with Crippen LogP contribution >= 0.6 is 11.8 Å². The van der Waals surface area contributed by atoms with Crippen LogP contribution in [0.5, 0.6) is 0 Å². The Balaban J connectivity index is 1.75. The second-order valence-corrected chi connectivity index (χ2v) is 10.2. The van der Waals surface area contributed by atoms with Crippen molar-refractivity contribution < 1.29 is 17.2 Å². The Morgan fingerprint density at radius 1 is 1.19 bits per heavy atom. The van der Waals surface area contributed by atoms with Gasteiger partial charge in [-0.15, -0.1) is 10.2 Å². The molecule has 0 unspecified atom stereocenters. The van der Waals surface area contributed by atoms with E-state index in [1.54, 1.807) is 23.5 Å². The smallest absolute Gasteiger partial charge is 0.246 e. The first kappa shape index (κ1) is 21.9. The standard InChI is InChI=1S/C19H22F2N6O2S2/c1-4-27-18(22-23-19(27)30-5-2)17-13-11-26(9-8-15(13)25(3)24-17)31(28,29)16-7-6-12(20)10-14(16)21/h6-7,10H,4-5,8-9,11H2,1-3H3. The third kappa shape index (κ3) is 3.76. The molecule has 0 radical (unpaired) electrons. The van der Waals surface area contributed by atoms with Crippen molar-refractivity contribution in [1.29, 1.82) is 0 Å². The third-order valence-corrected chi connectivity index (χ3v) is 7.96. The third-order valence-electron chi connectivity index (χ3n) is 5.24. The van der Waals surface area contributed by atoms with Gasteiger partial charge in [0.25, 0.3) is 0 Å². The van der Waals surface area contributed by atoms with E-state index in [1.807, 2.05) is 18.4 Å². The second-order valence-electron chi connectivity index (χ2n) is 7.04. The average Bonchev–Trinajstić information content (AvgIpc) is 3.28. The topological polar surface area (TPSA) is 85.9 Å². The van der Waals surface area contributed by atoms with Crippen molar-refractivity contribution in [2.75, 3.05) is 12.3 Å². The van der Waals surface area contributed by atoms with E-state index in [9.17, 15) is 17.2 Å². The molecule has 8 nitrogen and oxygen atoms in total. The highest BCUT2D eigenvalue weighted by atomic mass is 32.2. The Bertz CT molecular complexity index is 1240. The lowest BCUT2D eigenvalue weighted by Crippen LogP contribution is -2.36. The van der Waals surface area contributed by atoms with Gasteiger partial charge in [-0.2, -0.15) is 9.40 Å². The molecule has 0 fully saturated rings. The van der Waals surface area contributed by atoms with E-state index >= 15 is 0 Å². The molecule has 0 atom stereocenters. The number of fused-ring (bicyclic) bond motifs is 1. The minimum atomic E-state index is -4.15. The van der Waals surface area contributed by atoms with Crippen LogP contribution in [0.3, 0.4) is 0 Å². The fourth-order valence-corrected chi connectivity index (χ4v) is 5.94. The summed E-state index contributed by atoms with van der Waals surface area (Å²) in [5.74, 6) is -0.522. The molecule has 3 heterocycles. The van der Waals surface area contributed by atoms with Crippen molar-refractivity contribution in [3.05, 3.63) is 41.1 Å². The lowest BCUT2D eigenvalue weighted by Gasteiger charge is -2.27. The Morgan fingerprint density at radius 2 is 1.97 bits per heavy atom. The normalized spacial score (nSPS) is 14.7. The number of aryl methyl sites for hydroxylation is 1. The number of aromatic nitrogens is 5. The number of hydrogen-bond acceptors (Lipinski definition) is 6. The predicted molar refractivity (Wildman–Crippen MR) is 112 cm³/mol.